The smallest absolute Gasteiger partial charge is 0.237 e. The number of hydrogen-bond acceptors (Lipinski definition) is 6. The Hall–Kier alpha value is -3.78. The lowest BCUT2D eigenvalue weighted by molar-refractivity contribution is -0.115. The van der Waals surface area contributed by atoms with Crippen LogP contribution in [0, 0.1) is 13.8 Å². The van der Waals surface area contributed by atoms with Gasteiger partial charge < -0.3 is 15.4 Å². The van der Waals surface area contributed by atoms with Crippen molar-refractivity contribution in [2.24, 2.45) is 0 Å². The van der Waals surface area contributed by atoms with E-state index >= 15 is 0 Å². The molecule has 0 spiro atoms. The van der Waals surface area contributed by atoms with Gasteiger partial charge in [0.05, 0.1) is 18.9 Å². The fourth-order valence-corrected chi connectivity index (χ4v) is 4.31. The molecule has 2 N–H and O–H groups in total. The van der Waals surface area contributed by atoms with Gasteiger partial charge in [-0.15, -0.1) is 10.2 Å². The molecule has 35 heavy (non-hydrogen) atoms. The number of ether oxygens (including phenoxy) is 1. The molecule has 4 rings (SSSR count). The molecule has 1 amide bonds. The third-order valence-corrected chi connectivity index (χ3v) is 6.55. The quantitative estimate of drug-likeness (QED) is 0.298. The highest BCUT2D eigenvalue weighted by Gasteiger charge is 2.21. The molecule has 8 heteroatoms. The molecule has 0 aliphatic rings. The predicted octanol–water partition coefficient (Wildman–Crippen LogP) is 5.62. The number of benzene rings is 3. The maximum absolute atomic E-state index is 12.9. The lowest BCUT2D eigenvalue weighted by Gasteiger charge is -2.15. The van der Waals surface area contributed by atoms with Gasteiger partial charge in [0, 0.05) is 17.1 Å². The fraction of sp³-hybridized carbons (Fsp3) is 0.222. The number of thioether (sulfide) groups is 1. The molecule has 4 aromatic rings. The summed E-state index contributed by atoms with van der Waals surface area (Å²) >= 11 is 1.37. The molecule has 0 unspecified atom stereocenters. The average molecular weight is 488 g/mol. The largest absolute Gasteiger partial charge is 0.497 e. The number of nitrogens with one attached hydrogen (secondary N) is 2. The number of amides is 1. The van der Waals surface area contributed by atoms with E-state index in [1.54, 1.807) is 7.11 Å². The van der Waals surface area contributed by atoms with Crippen molar-refractivity contribution in [1.82, 2.24) is 14.8 Å². The third-order valence-electron chi connectivity index (χ3n) is 5.50. The molecule has 0 aliphatic carbocycles. The highest BCUT2D eigenvalue weighted by atomic mass is 32.2. The number of nitrogens with zero attached hydrogens (tertiary/aromatic N) is 3. The van der Waals surface area contributed by atoms with Crippen molar-refractivity contribution >= 4 is 29.0 Å². The minimum absolute atomic E-state index is 0.0949. The summed E-state index contributed by atoms with van der Waals surface area (Å²) in [5.74, 6) is 1.41. The number of carbonyl (C=O) groups is 1. The number of carbonyl (C=O) groups excluding carboxylic acids is 1. The first-order chi connectivity index (χ1) is 16.9. The zero-order valence-electron chi connectivity index (χ0n) is 20.3. The Balaban J connectivity index is 1.55. The van der Waals surface area contributed by atoms with Crippen LogP contribution in [0.3, 0.4) is 0 Å². The second-order valence-electron chi connectivity index (χ2n) is 8.27. The van der Waals surface area contributed by atoms with E-state index in [1.807, 2.05) is 79.1 Å². The maximum Gasteiger partial charge on any atom is 0.237 e. The lowest BCUT2D eigenvalue weighted by atomic mass is 10.2. The summed E-state index contributed by atoms with van der Waals surface area (Å²) in [6.45, 7) is 6.42. The topological polar surface area (TPSA) is 81.1 Å². The first-order valence-corrected chi connectivity index (χ1v) is 12.2. The van der Waals surface area contributed by atoms with E-state index in [0.29, 0.717) is 11.7 Å². The number of anilines is 2. The number of rotatable bonds is 9. The van der Waals surface area contributed by atoms with Gasteiger partial charge in [-0.1, -0.05) is 47.2 Å². The summed E-state index contributed by atoms with van der Waals surface area (Å²) in [5, 5.41) is 15.5. The summed E-state index contributed by atoms with van der Waals surface area (Å²) in [4.78, 5) is 12.9. The minimum Gasteiger partial charge on any atom is -0.497 e. The third kappa shape index (κ3) is 6.22. The van der Waals surface area contributed by atoms with Crippen molar-refractivity contribution in [3.05, 3.63) is 89.7 Å². The van der Waals surface area contributed by atoms with Gasteiger partial charge in [-0.3, -0.25) is 9.36 Å². The number of aromatic nitrogens is 3. The van der Waals surface area contributed by atoms with Crippen molar-refractivity contribution in [3.8, 4) is 11.4 Å². The summed E-state index contributed by atoms with van der Waals surface area (Å²) < 4.78 is 7.28. The number of aryl methyl sites for hydroxylation is 2. The van der Waals surface area contributed by atoms with Gasteiger partial charge in [-0.05, 0) is 69.3 Å². The molecule has 180 valence electrons. The van der Waals surface area contributed by atoms with Gasteiger partial charge >= 0.3 is 0 Å². The SMILES string of the molecule is COc1ccc(-n2c(CNc3ccc(C)cc3)nnc2S[C@H](C)C(=O)Nc2ccc(C)cc2)cc1. The normalized spacial score (nSPS) is 11.7. The van der Waals surface area contributed by atoms with E-state index in [0.717, 1.165) is 34.2 Å². The van der Waals surface area contributed by atoms with Crippen LogP contribution in [-0.4, -0.2) is 33.0 Å². The zero-order valence-corrected chi connectivity index (χ0v) is 21.1. The van der Waals surface area contributed by atoms with Gasteiger partial charge in [0.25, 0.3) is 0 Å². The van der Waals surface area contributed by atoms with E-state index in [-0.39, 0.29) is 11.2 Å². The van der Waals surface area contributed by atoms with Gasteiger partial charge in [0.15, 0.2) is 11.0 Å². The van der Waals surface area contributed by atoms with Gasteiger partial charge in [-0.2, -0.15) is 0 Å². The Morgan fingerprint density at radius 1 is 0.914 bits per heavy atom. The second kappa shape index (κ2) is 11.1. The molecule has 7 nitrogen and oxygen atoms in total. The van der Waals surface area contributed by atoms with Crippen LogP contribution < -0.4 is 15.4 Å². The van der Waals surface area contributed by atoms with Crippen LogP contribution in [0.4, 0.5) is 11.4 Å². The predicted molar refractivity (Wildman–Crippen MR) is 142 cm³/mol. The van der Waals surface area contributed by atoms with Gasteiger partial charge in [-0.25, -0.2) is 0 Å². The van der Waals surface area contributed by atoms with E-state index in [2.05, 4.69) is 39.9 Å². The molecular weight excluding hydrogens is 458 g/mol. The van der Waals surface area contributed by atoms with Crippen LogP contribution in [0.2, 0.25) is 0 Å². The van der Waals surface area contributed by atoms with Crippen LogP contribution in [0.5, 0.6) is 5.75 Å². The molecule has 1 aromatic heterocycles. The first kappa shape index (κ1) is 24.3. The second-order valence-corrected chi connectivity index (χ2v) is 9.58. The summed E-state index contributed by atoms with van der Waals surface area (Å²) in [7, 11) is 1.64. The molecular formula is C27H29N5O2S. The molecule has 1 heterocycles. The van der Waals surface area contributed by atoms with Crippen LogP contribution in [0.25, 0.3) is 5.69 Å². The maximum atomic E-state index is 12.9. The Labute approximate surface area is 209 Å². The van der Waals surface area contributed by atoms with Crippen molar-refractivity contribution in [2.45, 2.75) is 37.7 Å². The molecule has 3 aromatic carbocycles. The fourth-order valence-electron chi connectivity index (χ4n) is 3.43. The minimum atomic E-state index is -0.379. The highest BCUT2D eigenvalue weighted by Crippen LogP contribution is 2.28. The zero-order chi connectivity index (χ0) is 24.8. The van der Waals surface area contributed by atoms with Crippen LogP contribution >= 0.6 is 11.8 Å². The molecule has 1 atom stereocenters. The van der Waals surface area contributed by atoms with E-state index < -0.39 is 0 Å². The van der Waals surface area contributed by atoms with E-state index in [1.165, 1.54) is 17.3 Å². The molecule has 0 radical (unpaired) electrons. The summed E-state index contributed by atoms with van der Waals surface area (Å²) in [5.41, 5.74) is 5.01. The summed E-state index contributed by atoms with van der Waals surface area (Å²) in [6, 6.07) is 23.7. The Morgan fingerprint density at radius 3 is 2.11 bits per heavy atom. The van der Waals surface area contributed by atoms with Crippen LogP contribution in [-0.2, 0) is 11.3 Å². The Bertz CT molecular complexity index is 1270. The van der Waals surface area contributed by atoms with Gasteiger partial charge in [0.1, 0.15) is 5.75 Å². The van der Waals surface area contributed by atoms with Crippen molar-refractivity contribution in [1.29, 1.82) is 0 Å². The van der Waals surface area contributed by atoms with Crippen LogP contribution in [0.15, 0.2) is 78.0 Å². The van der Waals surface area contributed by atoms with Crippen molar-refractivity contribution < 1.29 is 9.53 Å². The molecule has 0 bridgehead atoms. The van der Waals surface area contributed by atoms with Crippen molar-refractivity contribution in [3.63, 3.8) is 0 Å². The van der Waals surface area contributed by atoms with Crippen LogP contribution in [0.1, 0.15) is 23.9 Å². The van der Waals surface area contributed by atoms with E-state index in [9.17, 15) is 4.79 Å². The molecule has 0 aliphatic heterocycles. The Morgan fingerprint density at radius 2 is 1.51 bits per heavy atom. The lowest BCUT2D eigenvalue weighted by Crippen LogP contribution is -2.23. The van der Waals surface area contributed by atoms with Gasteiger partial charge in [0.2, 0.25) is 5.91 Å². The molecule has 0 saturated carbocycles. The van der Waals surface area contributed by atoms with Crippen molar-refractivity contribution in [2.75, 3.05) is 17.7 Å². The number of methoxy groups -OCH3 is 1. The molecule has 0 saturated heterocycles. The summed E-state index contributed by atoms with van der Waals surface area (Å²) in [6.07, 6.45) is 0. The van der Waals surface area contributed by atoms with E-state index in [4.69, 9.17) is 4.74 Å². The monoisotopic (exact) mass is 487 g/mol. The standard InChI is InChI=1S/C27H29N5O2S/c1-18-5-9-21(10-6-18)28-17-25-30-31-27(32(25)23-13-15-24(34-4)16-14-23)35-20(3)26(33)29-22-11-7-19(2)8-12-22/h5-16,20,28H,17H2,1-4H3,(H,29,33)/t20-/m1/s1. The number of hydrogen-bond donors (Lipinski definition) is 2. The Kier molecular flexibility index (Phi) is 7.72. The molecule has 0 fully saturated rings. The first-order valence-electron chi connectivity index (χ1n) is 11.4. The average Bonchev–Trinajstić information content (AvgIpc) is 3.27. The highest BCUT2D eigenvalue weighted by molar-refractivity contribution is 8.00.